The van der Waals surface area contributed by atoms with Gasteiger partial charge in [-0.15, -0.1) is 0 Å². The second-order valence-corrected chi connectivity index (χ2v) is 6.70. The second kappa shape index (κ2) is 9.64. The largest absolute Gasteiger partial charge is 0.451 e. The molecule has 0 radical (unpaired) electrons. The van der Waals surface area contributed by atoms with E-state index in [1.165, 1.54) is 13.8 Å². The lowest BCUT2D eigenvalue weighted by atomic mass is 10.1. The molecule has 0 aliphatic rings. The lowest BCUT2D eigenvalue weighted by molar-refractivity contribution is -0.152. The Morgan fingerprint density at radius 1 is 1.00 bits per heavy atom. The summed E-state index contributed by atoms with van der Waals surface area (Å²) >= 11 is 0. The highest BCUT2D eigenvalue weighted by Gasteiger charge is 2.20. The van der Waals surface area contributed by atoms with Gasteiger partial charge in [0.25, 0.3) is 11.8 Å². The quantitative estimate of drug-likeness (QED) is 0.554. The molecule has 2 amide bonds. The molecule has 0 bridgehead atoms. The monoisotopic (exact) mass is 396 g/mol. The normalized spacial score (nSPS) is 11.3. The average Bonchev–Trinajstić information content (AvgIpc) is 2.68. The molecular formula is C22H24N2O5. The summed E-state index contributed by atoms with van der Waals surface area (Å²) in [5.74, 6) is -1.92. The fraction of sp³-hybridized carbons (Fsp3) is 0.273. The van der Waals surface area contributed by atoms with Crippen LogP contribution in [0.15, 0.2) is 42.5 Å². The van der Waals surface area contributed by atoms with Gasteiger partial charge in [0.15, 0.2) is 11.9 Å². The lowest BCUT2D eigenvalue weighted by Crippen LogP contribution is -2.36. The van der Waals surface area contributed by atoms with E-state index in [0.29, 0.717) is 16.8 Å². The molecule has 0 aromatic heterocycles. The smallest absolute Gasteiger partial charge is 0.326 e. The van der Waals surface area contributed by atoms with Crippen LogP contribution in [0.2, 0.25) is 0 Å². The van der Waals surface area contributed by atoms with Crippen molar-refractivity contribution in [1.82, 2.24) is 5.32 Å². The summed E-state index contributed by atoms with van der Waals surface area (Å²) in [6.45, 7) is 6.27. The van der Waals surface area contributed by atoms with Crippen LogP contribution in [0.5, 0.6) is 0 Å². The molecule has 0 heterocycles. The first kappa shape index (κ1) is 21.8. The number of carbonyl (C=O) groups is 4. The van der Waals surface area contributed by atoms with E-state index >= 15 is 0 Å². The number of esters is 1. The van der Waals surface area contributed by atoms with Crippen LogP contribution in [0.3, 0.4) is 0 Å². The van der Waals surface area contributed by atoms with Gasteiger partial charge in [-0.3, -0.25) is 19.2 Å². The molecule has 0 fully saturated rings. The summed E-state index contributed by atoms with van der Waals surface area (Å²) in [4.78, 5) is 48.0. The van der Waals surface area contributed by atoms with Gasteiger partial charge in [0.2, 0.25) is 0 Å². The molecule has 0 saturated heterocycles. The molecule has 2 aromatic carbocycles. The summed E-state index contributed by atoms with van der Waals surface area (Å²) in [5.41, 5.74) is 3.17. The third-order valence-electron chi connectivity index (χ3n) is 4.40. The van der Waals surface area contributed by atoms with Gasteiger partial charge >= 0.3 is 5.97 Å². The molecule has 2 rings (SSSR count). The van der Waals surface area contributed by atoms with Crippen LogP contribution >= 0.6 is 0 Å². The fourth-order valence-electron chi connectivity index (χ4n) is 2.56. The van der Waals surface area contributed by atoms with Crippen LogP contribution in [0.25, 0.3) is 0 Å². The molecule has 0 saturated carbocycles. The average molecular weight is 396 g/mol. The van der Waals surface area contributed by atoms with E-state index in [0.717, 1.165) is 11.1 Å². The molecule has 152 valence electrons. The van der Waals surface area contributed by atoms with Crippen molar-refractivity contribution < 1.29 is 23.9 Å². The van der Waals surface area contributed by atoms with E-state index in [1.54, 1.807) is 36.4 Å². The number of carbonyl (C=O) groups excluding carboxylic acids is 4. The minimum Gasteiger partial charge on any atom is -0.451 e. The number of hydrogen-bond acceptors (Lipinski definition) is 5. The van der Waals surface area contributed by atoms with Gasteiger partial charge in [-0.1, -0.05) is 18.2 Å². The Morgan fingerprint density at radius 2 is 1.69 bits per heavy atom. The van der Waals surface area contributed by atoms with Crippen molar-refractivity contribution in [2.45, 2.75) is 33.8 Å². The number of benzene rings is 2. The number of hydrogen-bond donors (Lipinski definition) is 2. The molecular weight excluding hydrogens is 372 g/mol. The van der Waals surface area contributed by atoms with Gasteiger partial charge in [0.1, 0.15) is 6.54 Å². The Labute approximate surface area is 169 Å². The molecule has 0 aliphatic carbocycles. The van der Waals surface area contributed by atoms with Crippen LogP contribution in [0.1, 0.15) is 45.7 Å². The molecule has 1 atom stereocenters. The van der Waals surface area contributed by atoms with Gasteiger partial charge in [0, 0.05) is 11.1 Å². The van der Waals surface area contributed by atoms with Crippen molar-refractivity contribution in [1.29, 1.82) is 0 Å². The second-order valence-electron chi connectivity index (χ2n) is 6.70. The van der Waals surface area contributed by atoms with Gasteiger partial charge in [-0.05, 0) is 63.1 Å². The highest BCUT2D eigenvalue weighted by molar-refractivity contribution is 6.04. The van der Waals surface area contributed by atoms with Crippen molar-refractivity contribution in [3.05, 3.63) is 64.7 Å². The number of aryl methyl sites for hydroxylation is 2. The summed E-state index contributed by atoms with van der Waals surface area (Å²) in [6.07, 6.45) is -1.10. The number of anilines is 1. The van der Waals surface area contributed by atoms with Crippen LogP contribution < -0.4 is 10.6 Å². The minimum atomic E-state index is -1.10. The van der Waals surface area contributed by atoms with Crippen LogP contribution in [0.4, 0.5) is 5.69 Å². The number of ketones is 1. The molecule has 0 spiro atoms. The molecule has 0 aliphatic heterocycles. The molecule has 2 aromatic rings. The molecule has 2 N–H and O–H groups in total. The Kier molecular flexibility index (Phi) is 7.25. The predicted octanol–water partition coefficient (Wildman–Crippen LogP) is 2.81. The van der Waals surface area contributed by atoms with Crippen LogP contribution in [-0.2, 0) is 14.3 Å². The molecule has 0 unspecified atom stereocenters. The van der Waals surface area contributed by atoms with E-state index in [-0.39, 0.29) is 12.3 Å². The number of para-hydroxylation sites is 1. The number of nitrogens with one attached hydrogen (secondary N) is 2. The lowest BCUT2D eigenvalue weighted by Gasteiger charge is -2.15. The summed E-state index contributed by atoms with van der Waals surface area (Å²) in [6, 6.07) is 11.8. The van der Waals surface area contributed by atoms with E-state index in [2.05, 4.69) is 10.6 Å². The molecule has 7 heteroatoms. The Bertz CT molecular complexity index is 952. The van der Waals surface area contributed by atoms with Crippen molar-refractivity contribution in [2.24, 2.45) is 0 Å². The number of Topliss-reactive ketones (excluding diaryl/α,β-unsaturated/α-hetero) is 1. The number of amides is 2. The van der Waals surface area contributed by atoms with Crippen molar-refractivity contribution in [2.75, 3.05) is 11.9 Å². The van der Waals surface area contributed by atoms with Crippen molar-refractivity contribution >= 4 is 29.3 Å². The third-order valence-corrected chi connectivity index (χ3v) is 4.40. The zero-order chi connectivity index (χ0) is 21.6. The van der Waals surface area contributed by atoms with Crippen LogP contribution in [-0.4, -0.2) is 36.2 Å². The Balaban J connectivity index is 1.88. The highest BCUT2D eigenvalue weighted by Crippen LogP contribution is 2.16. The standard InChI is InChI=1S/C22H24N2O5/c1-13-9-10-17(11-14(13)2)22(28)23-12-20(26)29-16(4)21(27)24-19-8-6-5-7-18(19)15(3)25/h5-11,16H,12H2,1-4H3,(H,23,28)(H,24,27)/t16-/m1/s1. The first-order valence-corrected chi connectivity index (χ1v) is 9.14. The van der Waals surface area contributed by atoms with E-state index < -0.39 is 23.9 Å². The maximum absolute atomic E-state index is 12.3. The van der Waals surface area contributed by atoms with E-state index in [1.807, 2.05) is 19.9 Å². The fourth-order valence-corrected chi connectivity index (χ4v) is 2.56. The topological polar surface area (TPSA) is 102 Å². The minimum absolute atomic E-state index is 0.195. The van der Waals surface area contributed by atoms with E-state index in [9.17, 15) is 19.2 Å². The maximum Gasteiger partial charge on any atom is 0.326 e. The van der Waals surface area contributed by atoms with Crippen molar-refractivity contribution in [3.8, 4) is 0 Å². The summed E-state index contributed by atoms with van der Waals surface area (Å²) in [7, 11) is 0. The van der Waals surface area contributed by atoms with Crippen molar-refractivity contribution in [3.63, 3.8) is 0 Å². The number of rotatable bonds is 7. The zero-order valence-corrected chi connectivity index (χ0v) is 16.9. The molecule has 29 heavy (non-hydrogen) atoms. The summed E-state index contributed by atoms with van der Waals surface area (Å²) < 4.78 is 5.06. The maximum atomic E-state index is 12.3. The van der Waals surface area contributed by atoms with Gasteiger partial charge in [-0.25, -0.2) is 0 Å². The predicted molar refractivity (Wildman–Crippen MR) is 109 cm³/mol. The van der Waals surface area contributed by atoms with Gasteiger partial charge < -0.3 is 15.4 Å². The van der Waals surface area contributed by atoms with Crippen LogP contribution in [0, 0.1) is 13.8 Å². The van der Waals surface area contributed by atoms with Gasteiger partial charge in [-0.2, -0.15) is 0 Å². The van der Waals surface area contributed by atoms with Gasteiger partial charge in [0.05, 0.1) is 5.69 Å². The Hall–Kier alpha value is -3.48. The summed E-state index contributed by atoms with van der Waals surface area (Å²) in [5, 5.41) is 5.05. The third kappa shape index (κ3) is 6.00. The Morgan fingerprint density at radius 3 is 2.34 bits per heavy atom. The zero-order valence-electron chi connectivity index (χ0n) is 16.9. The first-order valence-electron chi connectivity index (χ1n) is 9.14. The van der Waals surface area contributed by atoms with E-state index in [4.69, 9.17) is 4.74 Å². The number of ether oxygens (including phenoxy) is 1. The first-order chi connectivity index (χ1) is 13.7. The highest BCUT2D eigenvalue weighted by atomic mass is 16.5. The SMILES string of the molecule is CC(=O)c1ccccc1NC(=O)[C@@H](C)OC(=O)CNC(=O)c1ccc(C)c(C)c1. The molecule has 7 nitrogen and oxygen atoms in total.